The molecule has 0 unspecified atom stereocenters. The lowest BCUT2D eigenvalue weighted by Crippen LogP contribution is -2.23. The molecule has 50 valence electrons. The molecule has 0 spiro atoms. The van der Waals surface area contributed by atoms with Crippen LogP contribution in [0, 0.1) is 0 Å². The highest BCUT2D eigenvalue weighted by Crippen LogP contribution is 2.04. The number of nitrogens with one attached hydrogen (secondary N) is 1. The molecule has 0 radical (unpaired) electrons. The molecule has 2 nitrogen and oxygen atoms in total. The fourth-order valence-corrected chi connectivity index (χ4v) is 0.298. The van der Waals surface area contributed by atoms with Gasteiger partial charge in [-0.05, 0) is 32.5 Å². The average molecular weight is 138 g/mol. The largest absolute Gasteiger partial charge is 0.360 e. The minimum absolute atomic E-state index is 0.0953. The Morgan fingerprint density at radius 2 is 2.00 bits per heavy atom. The highest BCUT2D eigenvalue weighted by atomic mass is 35.5. The minimum atomic E-state index is -0.0953. The molecule has 0 bridgehead atoms. The van der Waals surface area contributed by atoms with Crippen molar-refractivity contribution in [3.63, 3.8) is 0 Å². The van der Waals surface area contributed by atoms with Crippen LogP contribution in [0.15, 0.2) is 0 Å². The van der Waals surface area contributed by atoms with E-state index in [-0.39, 0.29) is 5.60 Å². The summed E-state index contributed by atoms with van der Waals surface area (Å²) in [7, 11) is 0. The van der Waals surface area contributed by atoms with Gasteiger partial charge in [0, 0.05) is 0 Å². The number of ether oxygens (including phenoxy) is 1. The molecular weight excluding hydrogens is 126 g/mol. The molecule has 0 aliphatic heterocycles. The van der Waals surface area contributed by atoms with E-state index >= 15 is 0 Å². The summed E-state index contributed by atoms with van der Waals surface area (Å²) < 4.78 is 5.14. The van der Waals surface area contributed by atoms with E-state index in [1.54, 1.807) is 0 Å². The third kappa shape index (κ3) is 6.21. The topological polar surface area (TPSA) is 21.3 Å². The van der Waals surface area contributed by atoms with Crippen molar-refractivity contribution in [3.05, 3.63) is 0 Å². The maximum absolute atomic E-state index is 5.14. The third-order valence-electron chi connectivity index (χ3n) is 0.560. The van der Waals surface area contributed by atoms with Crippen LogP contribution in [0.1, 0.15) is 20.8 Å². The maximum Gasteiger partial charge on any atom is 0.110 e. The monoisotopic (exact) mass is 137 g/mol. The molecule has 0 aromatic heterocycles. The lowest BCUT2D eigenvalue weighted by Gasteiger charge is -2.17. The van der Waals surface area contributed by atoms with Crippen LogP contribution in [-0.4, -0.2) is 12.3 Å². The van der Waals surface area contributed by atoms with Gasteiger partial charge in [0.05, 0.1) is 5.60 Å². The van der Waals surface area contributed by atoms with E-state index in [1.807, 2.05) is 20.8 Å². The molecule has 1 N–H and O–H groups in total. The van der Waals surface area contributed by atoms with E-state index in [0.717, 1.165) is 0 Å². The van der Waals surface area contributed by atoms with Gasteiger partial charge in [-0.3, -0.25) is 0 Å². The van der Waals surface area contributed by atoms with Gasteiger partial charge >= 0.3 is 0 Å². The molecule has 0 saturated carbocycles. The molecule has 8 heavy (non-hydrogen) atoms. The van der Waals surface area contributed by atoms with Crippen LogP contribution >= 0.6 is 11.8 Å². The molecule has 0 aliphatic carbocycles. The molecule has 0 aliphatic rings. The second-order valence-corrected chi connectivity index (χ2v) is 2.80. The summed E-state index contributed by atoms with van der Waals surface area (Å²) in [6.07, 6.45) is 0. The van der Waals surface area contributed by atoms with Crippen LogP contribution in [0.2, 0.25) is 0 Å². The molecule has 0 rings (SSSR count). The van der Waals surface area contributed by atoms with Gasteiger partial charge in [0.25, 0.3) is 0 Å². The van der Waals surface area contributed by atoms with E-state index in [1.165, 1.54) is 0 Å². The summed E-state index contributed by atoms with van der Waals surface area (Å²) in [5.74, 6) is 0. The SMILES string of the molecule is CC(C)(C)OCNCl. The summed E-state index contributed by atoms with van der Waals surface area (Å²) in [6.45, 7) is 6.31. The zero-order valence-electron chi connectivity index (χ0n) is 5.49. The lowest BCUT2D eigenvalue weighted by molar-refractivity contribution is -0.00481. The highest BCUT2D eigenvalue weighted by molar-refractivity contribution is 6.13. The number of hydrogen-bond donors (Lipinski definition) is 1. The number of halogens is 1. The van der Waals surface area contributed by atoms with Crippen molar-refractivity contribution < 1.29 is 4.74 Å². The first-order valence-electron chi connectivity index (χ1n) is 2.54. The van der Waals surface area contributed by atoms with Crippen molar-refractivity contribution in [1.29, 1.82) is 0 Å². The Morgan fingerprint density at radius 1 is 1.50 bits per heavy atom. The van der Waals surface area contributed by atoms with Crippen molar-refractivity contribution in [2.24, 2.45) is 0 Å². The zero-order valence-corrected chi connectivity index (χ0v) is 6.25. The third-order valence-corrected chi connectivity index (χ3v) is 0.669. The predicted molar refractivity (Wildman–Crippen MR) is 34.7 cm³/mol. The number of hydrogen-bond acceptors (Lipinski definition) is 2. The Morgan fingerprint density at radius 3 is 2.12 bits per heavy atom. The van der Waals surface area contributed by atoms with Crippen LogP contribution in [0.3, 0.4) is 0 Å². The second kappa shape index (κ2) is 3.28. The fourth-order valence-electron chi connectivity index (χ4n) is 0.244. The molecule has 0 amide bonds. The maximum atomic E-state index is 5.14. The fraction of sp³-hybridized carbons (Fsp3) is 1.00. The quantitative estimate of drug-likeness (QED) is 0.460. The summed E-state index contributed by atoms with van der Waals surface area (Å²) >= 11 is 5.13. The van der Waals surface area contributed by atoms with Gasteiger partial charge in [-0.2, -0.15) is 0 Å². The molecule has 0 fully saturated rings. The van der Waals surface area contributed by atoms with E-state index in [9.17, 15) is 0 Å². The summed E-state index contributed by atoms with van der Waals surface area (Å²) in [4.78, 5) is 2.37. The first-order valence-corrected chi connectivity index (χ1v) is 2.91. The van der Waals surface area contributed by atoms with Crippen LogP contribution in [0.5, 0.6) is 0 Å². The predicted octanol–water partition coefficient (Wildman–Crippen LogP) is 1.50. The first-order chi connectivity index (χ1) is 3.56. The molecule has 3 heteroatoms. The van der Waals surface area contributed by atoms with Crippen LogP contribution in [-0.2, 0) is 4.74 Å². The second-order valence-electron chi connectivity index (χ2n) is 2.53. The van der Waals surface area contributed by atoms with E-state index in [4.69, 9.17) is 16.5 Å². The summed E-state index contributed by atoms with van der Waals surface area (Å²) in [5.41, 5.74) is -0.0953. The Kier molecular flexibility index (Phi) is 3.36. The van der Waals surface area contributed by atoms with E-state index in [2.05, 4.69) is 4.84 Å². The zero-order chi connectivity index (χ0) is 6.62. The Labute approximate surface area is 55.3 Å². The van der Waals surface area contributed by atoms with Crippen molar-refractivity contribution in [2.45, 2.75) is 26.4 Å². The molecule has 0 aromatic carbocycles. The summed E-state index contributed by atoms with van der Waals surface area (Å²) in [5, 5.41) is 0. The molecule has 0 aromatic rings. The minimum Gasteiger partial charge on any atom is -0.360 e. The van der Waals surface area contributed by atoms with Crippen LogP contribution < -0.4 is 4.84 Å². The van der Waals surface area contributed by atoms with E-state index < -0.39 is 0 Å². The molecule has 0 heterocycles. The van der Waals surface area contributed by atoms with Gasteiger partial charge in [0.15, 0.2) is 0 Å². The van der Waals surface area contributed by atoms with Gasteiger partial charge in [0.2, 0.25) is 0 Å². The van der Waals surface area contributed by atoms with Crippen LogP contribution in [0.4, 0.5) is 0 Å². The van der Waals surface area contributed by atoms with Crippen LogP contribution in [0.25, 0.3) is 0 Å². The van der Waals surface area contributed by atoms with Crippen molar-refractivity contribution in [2.75, 3.05) is 6.73 Å². The van der Waals surface area contributed by atoms with Gasteiger partial charge < -0.3 is 4.74 Å². The average Bonchev–Trinajstić information content (AvgIpc) is 1.59. The first kappa shape index (κ1) is 8.21. The Bertz CT molecular complexity index is 59.9. The van der Waals surface area contributed by atoms with Gasteiger partial charge in [-0.1, -0.05) is 0 Å². The lowest BCUT2D eigenvalue weighted by atomic mass is 10.2. The van der Waals surface area contributed by atoms with Crippen molar-refractivity contribution in [1.82, 2.24) is 4.84 Å². The van der Waals surface area contributed by atoms with Crippen molar-refractivity contribution in [3.8, 4) is 0 Å². The Balaban J connectivity index is 3.11. The Hall–Kier alpha value is 0.210. The van der Waals surface area contributed by atoms with Crippen molar-refractivity contribution >= 4 is 11.8 Å². The smallest absolute Gasteiger partial charge is 0.110 e. The highest BCUT2D eigenvalue weighted by Gasteiger charge is 2.07. The molecule has 0 saturated heterocycles. The van der Waals surface area contributed by atoms with Gasteiger partial charge in [-0.25, -0.2) is 4.84 Å². The summed E-state index contributed by atoms with van der Waals surface area (Å²) in [6, 6.07) is 0. The van der Waals surface area contributed by atoms with Gasteiger partial charge in [0.1, 0.15) is 6.73 Å². The normalized spacial score (nSPS) is 12.0. The van der Waals surface area contributed by atoms with E-state index in [0.29, 0.717) is 6.73 Å². The number of rotatable bonds is 2. The van der Waals surface area contributed by atoms with Gasteiger partial charge in [-0.15, -0.1) is 0 Å². The molecule has 0 atom stereocenters. The standard InChI is InChI=1S/C5H12ClNO/c1-5(2,3)8-4-7-6/h7H,4H2,1-3H3. The molecular formula is C5H12ClNO.